The molecule has 1 unspecified atom stereocenters. The van der Waals surface area contributed by atoms with Crippen molar-refractivity contribution < 1.29 is 9.59 Å². The fraction of sp³-hybridized carbons (Fsp3) is 0.692. The second-order valence-corrected chi connectivity index (χ2v) is 6.04. The summed E-state index contributed by atoms with van der Waals surface area (Å²) in [7, 11) is 0. The number of carbonyl (C=O) groups is 2. The molecule has 5 nitrogen and oxygen atoms in total. The first-order valence-corrected chi connectivity index (χ1v) is 6.52. The topological polar surface area (TPSA) is 61.4 Å². The summed E-state index contributed by atoms with van der Waals surface area (Å²) in [4.78, 5) is 26.3. The molecule has 2 N–H and O–H groups in total. The molecule has 3 aliphatic heterocycles. The van der Waals surface area contributed by atoms with Crippen molar-refractivity contribution in [2.45, 2.75) is 38.4 Å². The number of carbonyl (C=O) groups excluding carboxylic acids is 2. The Morgan fingerprint density at radius 3 is 2.61 bits per heavy atom. The van der Waals surface area contributed by atoms with Gasteiger partial charge in [-0.25, -0.2) is 0 Å². The minimum atomic E-state index is -0.466. The highest BCUT2D eigenvalue weighted by molar-refractivity contribution is 5.99. The predicted octanol–water partition coefficient (Wildman–Crippen LogP) is -0.0109. The summed E-state index contributed by atoms with van der Waals surface area (Å²) in [6, 6.07) is -0.368. The van der Waals surface area contributed by atoms with E-state index in [2.05, 4.69) is 10.6 Å². The molecule has 0 bridgehead atoms. The molecule has 3 heterocycles. The molecule has 0 saturated carbocycles. The Balaban J connectivity index is 2.05. The van der Waals surface area contributed by atoms with E-state index in [9.17, 15) is 9.59 Å². The number of amides is 2. The molecule has 18 heavy (non-hydrogen) atoms. The minimum Gasteiger partial charge on any atom is -0.331 e. The molecule has 0 aromatic rings. The van der Waals surface area contributed by atoms with Gasteiger partial charge in [-0.15, -0.1) is 0 Å². The molecular formula is C13H19N3O2. The highest BCUT2D eigenvalue weighted by atomic mass is 16.2. The van der Waals surface area contributed by atoms with Crippen molar-refractivity contribution in [1.82, 2.24) is 15.5 Å². The molecule has 0 aromatic carbocycles. The lowest BCUT2D eigenvalue weighted by molar-refractivity contribution is -0.140. The van der Waals surface area contributed by atoms with E-state index >= 15 is 0 Å². The number of hydrogen-bond acceptors (Lipinski definition) is 3. The second kappa shape index (κ2) is 3.57. The van der Waals surface area contributed by atoms with Crippen LogP contribution in [0.15, 0.2) is 12.2 Å². The Hall–Kier alpha value is -1.36. The van der Waals surface area contributed by atoms with Crippen LogP contribution in [-0.2, 0) is 9.59 Å². The van der Waals surface area contributed by atoms with Crippen molar-refractivity contribution in [2.24, 2.45) is 5.41 Å². The van der Waals surface area contributed by atoms with E-state index in [4.69, 9.17) is 0 Å². The van der Waals surface area contributed by atoms with Crippen molar-refractivity contribution >= 4 is 11.8 Å². The fourth-order valence-corrected chi connectivity index (χ4v) is 3.39. The molecule has 2 saturated heterocycles. The number of nitrogens with one attached hydrogen (secondary N) is 2. The minimum absolute atomic E-state index is 0.0143. The Kier molecular flexibility index (Phi) is 2.32. The monoisotopic (exact) mass is 249 g/mol. The number of rotatable bonds is 0. The van der Waals surface area contributed by atoms with Crippen molar-refractivity contribution in [1.29, 1.82) is 0 Å². The highest BCUT2D eigenvalue weighted by Crippen LogP contribution is 2.41. The lowest BCUT2D eigenvalue weighted by atomic mass is 9.80. The lowest BCUT2D eigenvalue weighted by Crippen LogP contribution is -2.62. The third-order valence-electron chi connectivity index (χ3n) is 4.35. The van der Waals surface area contributed by atoms with Crippen LogP contribution in [0.1, 0.15) is 26.7 Å². The highest BCUT2D eigenvalue weighted by Gasteiger charge is 2.58. The van der Waals surface area contributed by atoms with Crippen LogP contribution in [0.5, 0.6) is 0 Å². The third-order valence-corrected chi connectivity index (χ3v) is 4.35. The summed E-state index contributed by atoms with van der Waals surface area (Å²) >= 11 is 0. The smallest absolute Gasteiger partial charge is 0.248 e. The SMILES string of the molecule is CC1(C)C=CC(=O)N2C1C(=O)NC21CCNCC1. The summed E-state index contributed by atoms with van der Waals surface area (Å²) in [5, 5.41) is 6.36. The molecule has 0 radical (unpaired) electrons. The maximum atomic E-state index is 12.3. The van der Waals surface area contributed by atoms with Gasteiger partial charge in [0.2, 0.25) is 11.8 Å². The predicted molar refractivity (Wildman–Crippen MR) is 66.5 cm³/mol. The third kappa shape index (κ3) is 1.43. The first kappa shape index (κ1) is 11.7. The normalized spacial score (nSPS) is 32.6. The largest absolute Gasteiger partial charge is 0.331 e. The molecule has 1 atom stereocenters. The van der Waals surface area contributed by atoms with Gasteiger partial charge >= 0.3 is 0 Å². The molecule has 98 valence electrons. The van der Waals surface area contributed by atoms with Crippen LogP contribution in [0.3, 0.4) is 0 Å². The van der Waals surface area contributed by atoms with E-state index in [1.54, 1.807) is 11.0 Å². The maximum Gasteiger partial charge on any atom is 0.248 e. The standard InChI is InChI=1S/C13H19N3O2/c1-12(2)4-3-9(17)16-10(12)11(18)15-13(16)5-7-14-8-6-13/h3-4,10,14H,5-8H2,1-2H3,(H,15,18). The molecule has 0 aromatic heterocycles. The molecule has 2 fully saturated rings. The number of fused-ring (bicyclic) bond motifs is 2. The molecule has 3 rings (SSSR count). The molecule has 0 aliphatic carbocycles. The Morgan fingerprint density at radius 1 is 1.28 bits per heavy atom. The molecule has 1 spiro atoms. The van der Waals surface area contributed by atoms with Gasteiger partial charge in [0, 0.05) is 18.3 Å². The van der Waals surface area contributed by atoms with Gasteiger partial charge in [0.1, 0.15) is 11.7 Å². The average Bonchev–Trinajstić information content (AvgIpc) is 2.60. The van der Waals surface area contributed by atoms with E-state index in [1.807, 2.05) is 19.9 Å². The Labute approximate surface area is 107 Å². The first-order valence-electron chi connectivity index (χ1n) is 6.52. The number of nitrogens with zero attached hydrogens (tertiary/aromatic N) is 1. The average molecular weight is 249 g/mol. The van der Waals surface area contributed by atoms with E-state index in [0.29, 0.717) is 0 Å². The Morgan fingerprint density at radius 2 is 1.94 bits per heavy atom. The summed E-state index contributed by atoms with van der Waals surface area (Å²) in [6.45, 7) is 5.68. The van der Waals surface area contributed by atoms with Crippen LogP contribution in [0.4, 0.5) is 0 Å². The van der Waals surface area contributed by atoms with Gasteiger partial charge < -0.3 is 15.5 Å². The van der Waals surface area contributed by atoms with E-state index in [-0.39, 0.29) is 23.3 Å². The van der Waals surface area contributed by atoms with Crippen LogP contribution < -0.4 is 10.6 Å². The quantitative estimate of drug-likeness (QED) is 0.635. The van der Waals surface area contributed by atoms with E-state index in [0.717, 1.165) is 25.9 Å². The zero-order chi connectivity index (χ0) is 13.0. The van der Waals surface area contributed by atoms with Gasteiger partial charge in [0.05, 0.1) is 0 Å². The van der Waals surface area contributed by atoms with Crippen molar-refractivity contribution in [3.63, 3.8) is 0 Å². The van der Waals surface area contributed by atoms with Crippen LogP contribution in [0.2, 0.25) is 0 Å². The van der Waals surface area contributed by atoms with Crippen LogP contribution in [0.25, 0.3) is 0 Å². The first-order chi connectivity index (χ1) is 8.46. The zero-order valence-electron chi connectivity index (χ0n) is 10.8. The summed E-state index contributed by atoms with van der Waals surface area (Å²) in [5.74, 6) is -0.0563. The van der Waals surface area contributed by atoms with Gasteiger partial charge in [-0.2, -0.15) is 0 Å². The zero-order valence-corrected chi connectivity index (χ0v) is 10.8. The van der Waals surface area contributed by atoms with E-state index in [1.165, 1.54) is 0 Å². The number of piperidine rings is 1. The van der Waals surface area contributed by atoms with Crippen LogP contribution >= 0.6 is 0 Å². The molecular weight excluding hydrogens is 230 g/mol. The van der Waals surface area contributed by atoms with Crippen LogP contribution in [-0.4, -0.2) is 41.5 Å². The van der Waals surface area contributed by atoms with Gasteiger partial charge in [0.25, 0.3) is 0 Å². The number of hydrogen-bond donors (Lipinski definition) is 2. The van der Waals surface area contributed by atoms with Crippen LogP contribution in [0, 0.1) is 5.41 Å². The molecule has 2 amide bonds. The van der Waals surface area contributed by atoms with E-state index < -0.39 is 5.66 Å². The van der Waals surface area contributed by atoms with Crippen molar-refractivity contribution in [2.75, 3.05) is 13.1 Å². The second-order valence-electron chi connectivity index (χ2n) is 6.04. The summed E-state index contributed by atoms with van der Waals surface area (Å²) < 4.78 is 0. The van der Waals surface area contributed by atoms with Gasteiger partial charge in [-0.3, -0.25) is 9.59 Å². The van der Waals surface area contributed by atoms with Crippen molar-refractivity contribution in [3.8, 4) is 0 Å². The van der Waals surface area contributed by atoms with Gasteiger partial charge in [-0.1, -0.05) is 19.9 Å². The van der Waals surface area contributed by atoms with Gasteiger partial charge in [-0.05, 0) is 19.2 Å². The Bertz CT molecular complexity index is 436. The summed E-state index contributed by atoms with van der Waals surface area (Å²) in [6.07, 6.45) is 5.03. The van der Waals surface area contributed by atoms with Gasteiger partial charge in [0.15, 0.2) is 0 Å². The molecule has 3 aliphatic rings. The fourth-order valence-electron chi connectivity index (χ4n) is 3.39. The lowest BCUT2D eigenvalue weighted by Gasteiger charge is -2.46. The summed E-state index contributed by atoms with van der Waals surface area (Å²) in [5.41, 5.74) is -0.765. The molecule has 5 heteroatoms. The maximum absolute atomic E-state index is 12.3. The van der Waals surface area contributed by atoms with Crippen molar-refractivity contribution in [3.05, 3.63) is 12.2 Å².